The van der Waals surface area contributed by atoms with Gasteiger partial charge in [-0.1, -0.05) is 41.0 Å². The Morgan fingerprint density at radius 1 is 1.26 bits per heavy atom. The third-order valence-electron chi connectivity index (χ3n) is 4.26. The molecule has 0 bridgehead atoms. The molecule has 0 aromatic carbocycles. The molecule has 0 aliphatic heterocycles. The maximum absolute atomic E-state index is 12.1. The van der Waals surface area contributed by atoms with Gasteiger partial charge < -0.3 is 10.5 Å². The molecule has 0 spiro atoms. The summed E-state index contributed by atoms with van der Waals surface area (Å²) in [6.45, 7) is 10.8. The molecule has 2 N–H and O–H groups in total. The quantitative estimate of drug-likeness (QED) is 0.779. The van der Waals surface area contributed by atoms with Crippen LogP contribution in [0.2, 0.25) is 0 Å². The standard InChI is InChI=1S/C16H31NO2/c1-10(2)8-14(17)16(18)19-15-9-12(5)6-7-13(15)11(3)4/h10-15H,6-9,17H2,1-5H3. The fourth-order valence-electron chi connectivity index (χ4n) is 3.09. The average molecular weight is 269 g/mol. The Morgan fingerprint density at radius 2 is 1.89 bits per heavy atom. The summed E-state index contributed by atoms with van der Waals surface area (Å²) < 4.78 is 5.73. The van der Waals surface area contributed by atoms with Gasteiger partial charge in [0.1, 0.15) is 12.1 Å². The van der Waals surface area contributed by atoms with Crippen LogP contribution in [0.15, 0.2) is 0 Å². The van der Waals surface area contributed by atoms with Gasteiger partial charge in [-0.2, -0.15) is 0 Å². The third-order valence-corrected chi connectivity index (χ3v) is 4.26. The van der Waals surface area contributed by atoms with Crippen molar-refractivity contribution in [3.8, 4) is 0 Å². The molecule has 0 aromatic heterocycles. The molecular weight excluding hydrogens is 238 g/mol. The van der Waals surface area contributed by atoms with Crippen LogP contribution in [0.5, 0.6) is 0 Å². The fraction of sp³-hybridized carbons (Fsp3) is 0.938. The van der Waals surface area contributed by atoms with E-state index in [0.29, 0.717) is 30.1 Å². The molecule has 0 saturated heterocycles. The Morgan fingerprint density at radius 3 is 2.42 bits per heavy atom. The summed E-state index contributed by atoms with van der Waals surface area (Å²) in [4.78, 5) is 12.1. The van der Waals surface area contributed by atoms with Crippen LogP contribution >= 0.6 is 0 Å². The van der Waals surface area contributed by atoms with Crippen molar-refractivity contribution in [2.24, 2.45) is 29.4 Å². The first-order valence-electron chi connectivity index (χ1n) is 7.77. The summed E-state index contributed by atoms with van der Waals surface area (Å²) in [6.07, 6.45) is 4.16. The van der Waals surface area contributed by atoms with Gasteiger partial charge in [0.25, 0.3) is 0 Å². The van der Waals surface area contributed by atoms with Gasteiger partial charge in [0.2, 0.25) is 0 Å². The van der Waals surface area contributed by atoms with E-state index in [1.807, 2.05) is 0 Å². The Hall–Kier alpha value is -0.570. The molecule has 1 aliphatic carbocycles. The lowest BCUT2D eigenvalue weighted by atomic mass is 9.75. The highest BCUT2D eigenvalue weighted by Gasteiger charge is 2.34. The summed E-state index contributed by atoms with van der Waals surface area (Å²) in [5.41, 5.74) is 5.92. The van der Waals surface area contributed by atoms with Crippen molar-refractivity contribution in [1.29, 1.82) is 0 Å². The smallest absolute Gasteiger partial charge is 0.323 e. The number of carbonyl (C=O) groups excluding carboxylic acids is 1. The van der Waals surface area contributed by atoms with Crippen molar-refractivity contribution in [1.82, 2.24) is 0 Å². The minimum Gasteiger partial charge on any atom is -0.461 e. The average Bonchev–Trinajstić information content (AvgIpc) is 2.27. The third kappa shape index (κ3) is 5.13. The van der Waals surface area contributed by atoms with Crippen LogP contribution in [0.4, 0.5) is 0 Å². The second-order valence-electron chi connectivity index (χ2n) is 7.04. The lowest BCUT2D eigenvalue weighted by Gasteiger charge is -2.37. The van der Waals surface area contributed by atoms with Crippen molar-refractivity contribution in [3.05, 3.63) is 0 Å². The van der Waals surface area contributed by atoms with Crippen LogP contribution in [-0.2, 0) is 9.53 Å². The fourth-order valence-corrected chi connectivity index (χ4v) is 3.09. The summed E-state index contributed by atoms with van der Waals surface area (Å²) in [5, 5.41) is 0. The molecule has 4 unspecified atom stereocenters. The SMILES string of the molecule is CC(C)CC(N)C(=O)OC1CC(C)CCC1C(C)C. The van der Waals surface area contributed by atoms with E-state index >= 15 is 0 Å². The molecule has 1 saturated carbocycles. The van der Waals surface area contributed by atoms with Gasteiger partial charge >= 0.3 is 5.97 Å². The van der Waals surface area contributed by atoms with Crippen LogP contribution < -0.4 is 5.73 Å². The highest BCUT2D eigenvalue weighted by atomic mass is 16.5. The zero-order valence-electron chi connectivity index (χ0n) is 13.2. The minimum absolute atomic E-state index is 0.0643. The molecule has 19 heavy (non-hydrogen) atoms. The summed E-state index contributed by atoms with van der Waals surface area (Å²) in [5.74, 6) is 1.92. The zero-order valence-corrected chi connectivity index (χ0v) is 13.2. The Kier molecular flexibility index (Phi) is 6.31. The van der Waals surface area contributed by atoms with Crippen molar-refractivity contribution in [3.63, 3.8) is 0 Å². The number of hydrogen-bond donors (Lipinski definition) is 1. The van der Waals surface area contributed by atoms with Crippen LogP contribution in [0.1, 0.15) is 60.3 Å². The molecule has 1 fully saturated rings. The predicted octanol–water partition coefficient (Wildman–Crippen LogP) is 3.36. The lowest BCUT2D eigenvalue weighted by molar-refractivity contribution is -0.157. The highest BCUT2D eigenvalue weighted by Crippen LogP contribution is 2.35. The molecule has 0 amide bonds. The molecule has 112 valence electrons. The van der Waals surface area contributed by atoms with Crippen molar-refractivity contribution >= 4 is 5.97 Å². The topological polar surface area (TPSA) is 52.3 Å². The van der Waals surface area contributed by atoms with Crippen LogP contribution in [-0.4, -0.2) is 18.1 Å². The lowest BCUT2D eigenvalue weighted by Crippen LogP contribution is -2.41. The van der Waals surface area contributed by atoms with E-state index in [4.69, 9.17) is 10.5 Å². The molecule has 0 radical (unpaired) electrons. The van der Waals surface area contributed by atoms with Crippen molar-refractivity contribution in [2.75, 3.05) is 0 Å². The van der Waals surface area contributed by atoms with Gasteiger partial charge in [-0.15, -0.1) is 0 Å². The molecule has 4 atom stereocenters. The highest BCUT2D eigenvalue weighted by molar-refractivity contribution is 5.75. The Labute approximate surface area is 118 Å². The van der Waals surface area contributed by atoms with E-state index in [1.165, 1.54) is 6.42 Å². The van der Waals surface area contributed by atoms with Crippen molar-refractivity contribution < 1.29 is 9.53 Å². The van der Waals surface area contributed by atoms with Gasteiger partial charge in [-0.05, 0) is 42.9 Å². The number of ether oxygens (including phenoxy) is 1. The van der Waals surface area contributed by atoms with Crippen LogP contribution in [0, 0.1) is 23.7 Å². The van der Waals surface area contributed by atoms with E-state index < -0.39 is 6.04 Å². The second-order valence-corrected chi connectivity index (χ2v) is 7.04. The molecule has 0 heterocycles. The van der Waals surface area contributed by atoms with E-state index in [1.54, 1.807) is 0 Å². The number of rotatable bonds is 5. The van der Waals surface area contributed by atoms with Crippen LogP contribution in [0.3, 0.4) is 0 Å². The molecule has 1 rings (SSSR count). The van der Waals surface area contributed by atoms with E-state index in [2.05, 4.69) is 34.6 Å². The summed E-state index contributed by atoms with van der Waals surface area (Å²) in [6, 6.07) is -0.468. The first-order chi connectivity index (χ1) is 8.81. The first kappa shape index (κ1) is 16.5. The molecular formula is C16H31NO2. The predicted molar refractivity (Wildman–Crippen MR) is 78.7 cm³/mol. The van der Waals surface area contributed by atoms with Crippen LogP contribution in [0.25, 0.3) is 0 Å². The number of nitrogens with two attached hydrogens (primary N) is 1. The Balaban J connectivity index is 2.58. The van der Waals surface area contributed by atoms with Gasteiger partial charge in [0.15, 0.2) is 0 Å². The van der Waals surface area contributed by atoms with Gasteiger partial charge in [0, 0.05) is 0 Å². The van der Waals surface area contributed by atoms with E-state index in [-0.39, 0.29) is 12.1 Å². The van der Waals surface area contributed by atoms with Gasteiger partial charge in [-0.3, -0.25) is 4.79 Å². The van der Waals surface area contributed by atoms with Gasteiger partial charge in [0.05, 0.1) is 0 Å². The maximum Gasteiger partial charge on any atom is 0.323 e. The molecule has 1 aliphatic rings. The second kappa shape index (κ2) is 7.28. The summed E-state index contributed by atoms with van der Waals surface area (Å²) >= 11 is 0. The number of carbonyl (C=O) groups is 1. The number of esters is 1. The Bertz CT molecular complexity index is 288. The van der Waals surface area contributed by atoms with Gasteiger partial charge in [-0.25, -0.2) is 0 Å². The summed E-state index contributed by atoms with van der Waals surface area (Å²) in [7, 11) is 0. The molecule has 0 aromatic rings. The number of hydrogen-bond acceptors (Lipinski definition) is 3. The van der Waals surface area contributed by atoms with E-state index in [0.717, 1.165) is 12.8 Å². The molecule has 3 nitrogen and oxygen atoms in total. The van der Waals surface area contributed by atoms with E-state index in [9.17, 15) is 4.79 Å². The molecule has 3 heteroatoms. The normalized spacial score (nSPS) is 29.6. The minimum atomic E-state index is -0.468. The monoisotopic (exact) mass is 269 g/mol. The first-order valence-corrected chi connectivity index (χ1v) is 7.77. The van der Waals surface area contributed by atoms with Crippen molar-refractivity contribution in [2.45, 2.75) is 72.4 Å². The maximum atomic E-state index is 12.1. The largest absolute Gasteiger partial charge is 0.461 e. The zero-order chi connectivity index (χ0) is 14.6.